The van der Waals surface area contributed by atoms with Crippen molar-refractivity contribution in [1.82, 2.24) is 23.6 Å². The van der Waals surface area contributed by atoms with Gasteiger partial charge in [-0.05, 0) is 106 Å². The molecule has 1 N–H and O–H groups in total. The molecule has 1 amide bonds. The van der Waals surface area contributed by atoms with E-state index in [1.807, 2.05) is 39.8 Å². The zero-order valence-corrected chi connectivity index (χ0v) is 33.7. The summed E-state index contributed by atoms with van der Waals surface area (Å²) >= 11 is 0. The van der Waals surface area contributed by atoms with Crippen molar-refractivity contribution in [3.63, 3.8) is 0 Å². The largest absolute Gasteiger partial charge is 0.444 e. The maximum Gasteiger partial charge on any atom is 0.410 e. The van der Waals surface area contributed by atoms with Crippen LogP contribution < -0.4 is 4.72 Å². The van der Waals surface area contributed by atoms with E-state index in [0.717, 1.165) is 27.4 Å². The molecular weight excluding hydrogens is 775 g/mol. The molecule has 16 heteroatoms. The van der Waals surface area contributed by atoms with Crippen LogP contribution in [0.4, 0.5) is 19.3 Å². The summed E-state index contributed by atoms with van der Waals surface area (Å²) in [5, 5.41) is 5.09. The Morgan fingerprint density at radius 3 is 2.25 bits per heavy atom. The summed E-state index contributed by atoms with van der Waals surface area (Å²) in [5.74, 6) is -1.48. The maximum absolute atomic E-state index is 14.1. The van der Waals surface area contributed by atoms with Crippen molar-refractivity contribution in [3.8, 4) is 22.4 Å². The number of pyridine rings is 1. The van der Waals surface area contributed by atoms with Crippen LogP contribution in [0.3, 0.4) is 0 Å². The minimum atomic E-state index is -4.13. The number of carbonyl (C=O) groups is 1. The molecule has 1 aliphatic rings. The molecule has 0 saturated carbocycles. The summed E-state index contributed by atoms with van der Waals surface area (Å²) in [4.78, 5) is 19.1. The van der Waals surface area contributed by atoms with Crippen LogP contribution in [0.1, 0.15) is 56.2 Å². The molecule has 7 rings (SSSR count). The van der Waals surface area contributed by atoms with E-state index >= 15 is 0 Å². The number of halogens is 2. The number of ether oxygens (including phenoxy) is 1. The van der Waals surface area contributed by atoms with Crippen LogP contribution in [-0.4, -0.2) is 71.5 Å². The van der Waals surface area contributed by atoms with Crippen molar-refractivity contribution in [2.45, 2.75) is 63.5 Å². The van der Waals surface area contributed by atoms with Crippen molar-refractivity contribution >= 4 is 42.9 Å². The number of aryl methyl sites for hydroxylation is 1. The Kier molecular flexibility index (Phi) is 10.5. The predicted molar refractivity (Wildman–Crippen MR) is 214 cm³/mol. The van der Waals surface area contributed by atoms with E-state index in [-0.39, 0.29) is 29.1 Å². The van der Waals surface area contributed by atoms with Crippen molar-refractivity contribution in [3.05, 3.63) is 120 Å². The second kappa shape index (κ2) is 15.0. The fraction of sp³-hybridized carbons (Fsp3) is 0.293. The topological polar surface area (TPSA) is 145 Å². The number of rotatable bonds is 9. The Bertz CT molecular complexity index is 2700. The normalized spacial score (nSPS) is 14.3. The number of carbonyl (C=O) groups excluding carboxylic acids is 1. The standard InChI is InChI=1S/C41H42F2N6O6S2/c1-26-6-9-33(10-7-26)57(53,54)49-25-36(37-14-17-48(45-37)24-27-18-31(42)22-32(43)19-27)35-20-30(23-44-39(35)49)29-8-11-34(38(21-29)46-56(5,51)52)28-12-15-47(16-13-28)40(50)55-41(2,3)4/h6-11,14,17-23,25,28,46H,12-13,15-16,24H2,1-5H3. The SMILES string of the molecule is Cc1ccc(S(=O)(=O)n2cc(-c3ccn(Cc4cc(F)cc(F)c4)n3)c3cc(-c4ccc(C5CCN(C(=O)OC(C)(C)C)CC5)c(NS(C)(=O)=O)c4)cnc32)cc1. The van der Waals surface area contributed by atoms with Crippen molar-refractivity contribution in [2.75, 3.05) is 24.1 Å². The number of piperidine rings is 1. The third-order valence-corrected chi connectivity index (χ3v) is 11.9. The molecule has 1 aliphatic heterocycles. The second-order valence-electron chi connectivity index (χ2n) is 15.3. The number of amides is 1. The third kappa shape index (κ3) is 8.86. The van der Waals surface area contributed by atoms with Gasteiger partial charge in [-0.25, -0.2) is 39.4 Å². The first-order valence-corrected chi connectivity index (χ1v) is 21.6. The third-order valence-electron chi connectivity index (χ3n) is 9.64. The van der Waals surface area contributed by atoms with Gasteiger partial charge in [-0.15, -0.1) is 0 Å². The Balaban J connectivity index is 1.28. The summed E-state index contributed by atoms with van der Waals surface area (Å²) in [7, 11) is -7.83. The molecule has 298 valence electrons. The van der Waals surface area contributed by atoms with E-state index in [1.54, 1.807) is 41.4 Å². The van der Waals surface area contributed by atoms with Crippen LogP contribution in [0, 0.1) is 18.6 Å². The summed E-state index contributed by atoms with van der Waals surface area (Å²) in [5.41, 5.74) is 3.94. The molecule has 0 aliphatic carbocycles. The predicted octanol–water partition coefficient (Wildman–Crippen LogP) is 7.92. The van der Waals surface area contributed by atoms with Gasteiger partial charge in [-0.1, -0.05) is 29.8 Å². The number of benzene rings is 3. The summed E-state index contributed by atoms with van der Waals surface area (Å²) in [6, 6.07) is 18.6. The lowest BCUT2D eigenvalue weighted by atomic mass is 9.87. The number of likely N-dealkylation sites (tertiary alicyclic amines) is 1. The van der Waals surface area contributed by atoms with E-state index in [0.29, 0.717) is 65.0 Å². The lowest BCUT2D eigenvalue weighted by Gasteiger charge is -2.34. The van der Waals surface area contributed by atoms with E-state index in [2.05, 4.69) is 14.8 Å². The van der Waals surface area contributed by atoms with Gasteiger partial charge in [0, 0.05) is 54.3 Å². The quantitative estimate of drug-likeness (QED) is 0.155. The van der Waals surface area contributed by atoms with Gasteiger partial charge in [-0.2, -0.15) is 5.10 Å². The molecule has 6 aromatic rings. The molecule has 0 unspecified atom stereocenters. The summed E-state index contributed by atoms with van der Waals surface area (Å²) < 4.78 is 92.1. The molecule has 4 heterocycles. The van der Waals surface area contributed by atoms with Gasteiger partial charge in [0.2, 0.25) is 10.0 Å². The number of anilines is 1. The number of fused-ring (bicyclic) bond motifs is 1. The fourth-order valence-corrected chi connectivity index (χ4v) is 8.91. The number of nitrogens with one attached hydrogen (secondary N) is 1. The van der Waals surface area contributed by atoms with Gasteiger partial charge in [-0.3, -0.25) is 9.40 Å². The van der Waals surface area contributed by atoms with Crippen LogP contribution in [-0.2, 0) is 31.3 Å². The lowest BCUT2D eigenvalue weighted by Crippen LogP contribution is -2.41. The van der Waals surface area contributed by atoms with Gasteiger partial charge in [0.25, 0.3) is 10.0 Å². The monoisotopic (exact) mass is 816 g/mol. The van der Waals surface area contributed by atoms with Crippen LogP contribution >= 0.6 is 0 Å². The van der Waals surface area contributed by atoms with Crippen LogP contribution in [0.2, 0.25) is 0 Å². The molecule has 0 bridgehead atoms. The molecular formula is C41H42F2N6O6S2. The van der Waals surface area contributed by atoms with Gasteiger partial charge >= 0.3 is 6.09 Å². The van der Waals surface area contributed by atoms with Crippen LogP contribution in [0.5, 0.6) is 0 Å². The summed E-state index contributed by atoms with van der Waals surface area (Å²) in [6.07, 6.45) is 6.50. The van der Waals surface area contributed by atoms with Crippen molar-refractivity contribution in [2.24, 2.45) is 0 Å². The van der Waals surface area contributed by atoms with Crippen LogP contribution in [0.15, 0.2) is 96.3 Å². The Hall–Kier alpha value is -5.61. The highest BCUT2D eigenvalue weighted by Gasteiger charge is 2.30. The van der Waals surface area contributed by atoms with E-state index in [4.69, 9.17) is 4.74 Å². The first-order chi connectivity index (χ1) is 26.8. The summed E-state index contributed by atoms with van der Waals surface area (Å²) in [6.45, 7) is 8.24. The highest BCUT2D eigenvalue weighted by atomic mass is 32.2. The van der Waals surface area contributed by atoms with E-state index in [1.165, 1.54) is 41.3 Å². The molecule has 0 radical (unpaired) electrons. The average Bonchev–Trinajstić information content (AvgIpc) is 3.75. The first kappa shape index (κ1) is 39.6. The number of nitrogens with zero attached hydrogens (tertiary/aromatic N) is 5. The Morgan fingerprint density at radius 2 is 1.60 bits per heavy atom. The molecule has 0 atom stereocenters. The molecule has 12 nitrogen and oxygen atoms in total. The highest BCUT2D eigenvalue weighted by Crippen LogP contribution is 2.39. The zero-order valence-electron chi connectivity index (χ0n) is 32.0. The van der Waals surface area contributed by atoms with Crippen LogP contribution in [0.25, 0.3) is 33.4 Å². The van der Waals surface area contributed by atoms with Crippen molar-refractivity contribution in [1.29, 1.82) is 0 Å². The minimum Gasteiger partial charge on any atom is -0.444 e. The fourth-order valence-electron chi connectivity index (χ4n) is 7.01. The lowest BCUT2D eigenvalue weighted by molar-refractivity contribution is 0.0205. The zero-order chi connectivity index (χ0) is 40.9. The molecule has 3 aromatic heterocycles. The van der Waals surface area contributed by atoms with Gasteiger partial charge in [0.15, 0.2) is 5.65 Å². The number of aromatic nitrogens is 4. The number of sulfonamides is 1. The second-order valence-corrected chi connectivity index (χ2v) is 18.9. The Labute approximate surface area is 330 Å². The van der Waals surface area contributed by atoms with Crippen molar-refractivity contribution < 1.29 is 35.1 Å². The number of hydrogen-bond acceptors (Lipinski definition) is 8. The molecule has 3 aromatic carbocycles. The number of hydrogen-bond donors (Lipinski definition) is 1. The molecule has 0 spiro atoms. The smallest absolute Gasteiger partial charge is 0.410 e. The van der Waals surface area contributed by atoms with Gasteiger partial charge < -0.3 is 9.64 Å². The molecule has 57 heavy (non-hydrogen) atoms. The first-order valence-electron chi connectivity index (χ1n) is 18.3. The van der Waals surface area contributed by atoms with E-state index < -0.39 is 37.3 Å². The molecule has 1 saturated heterocycles. The van der Waals surface area contributed by atoms with E-state index in [9.17, 15) is 30.4 Å². The maximum atomic E-state index is 14.1. The van der Waals surface area contributed by atoms with Gasteiger partial charge in [0.05, 0.1) is 29.1 Å². The molecule has 1 fully saturated rings. The minimum absolute atomic E-state index is 0.0470. The Morgan fingerprint density at radius 1 is 0.912 bits per heavy atom. The highest BCUT2D eigenvalue weighted by molar-refractivity contribution is 7.92. The van der Waals surface area contributed by atoms with Gasteiger partial charge in [0.1, 0.15) is 17.2 Å². The average molecular weight is 817 g/mol.